The average Bonchev–Trinajstić information content (AvgIpc) is 3.61. The van der Waals surface area contributed by atoms with Crippen LogP contribution in [0.4, 0.5) is 4.39 Å². The zero-order chi connectivity index (χ0) is 26.8. The molecule has 2 aromatic heterocycles. The minimum Gasteiger partial charge on any atom is -0.496 e. The Morgan fingerprint density at radius 3 is 2.74 bits per heavy atom. The first-order valence-corrected chi connectivity index (χ1v) is 12.4. The molecule has 2 amide bonds. The van der Waals surface area contributed by atoms with Crippen LogP contribution in [-0.2, 0) is 11.3 Å². The molecule has 4 aromatic rings. The van der Waals surface area contributed by atoms with Crippen LogP contribution in [0.5, 0.6) is 5.75 Å². The molecule has 0 saturated carbocycles. The van der Waals surface area contributed by atoms with Crippen molar-refractivity contribution >= 4 is 28.3 Å². The highest BCUT2D eigenvalue weighted by atomic mass is 19.1. The number of carbonyl (C=O) groups is 2. The van der Waals surface area contributed by atoms with Gasteiger partial charge in [-0.2, -0.15) is 0 Å². The number of aryl methyl sites for hydroxylation is 1. The van der Waals surface area contributed by atoms with Crippen LogP contribution in [0.1, 0.15) is 28.9 Å². The third-order valence-corrected chi connectivity index (χ3v) is 6.73. The summed E-state index contributed by atoms with van der Waals surface area (Å²) in [6, 6.07) is 10.3. The van der Waals surface area contributed by atoms with E-state index in [1.54, 1.807) is 37.2 Å². The van der Waals surface area contributed by atoms with Crippen LogP contribution < -0.4 is 4.74 Å². The summed E-state index contributed by atoms with van der Waals surface area (Å²) < 4.78 is 21.2. The topological polar surface area (TPSA) is 96.3 Å². The summed E-state index contributed by atoms with van der Waals surface area (Å²) in [4.78, 5) is 32.3. The van der Waals surface area contributed by atoms with Crippen molar-refractivity contribution in [3.8, 4) is 16.9 Å². The summed E-state index contributed by atoms with van der Waals surface area (Å²) >= 11 is 0. The molecular weight excluding hydrogens is 487 g/mol. The van der Waals surface area contributed by atoms with Gasteiger partial charge in [-0.15, -0.1) is 5.10 Å². The van der Waals surface area contributed by atoms with Gasteiger partial charge in [0.15, 0.2) is 0 Å². The van der Waals surface area contributed by atoms with Crippen LogP contribution in [0.2, 0.25) is 0 Å². The Hall–Kier alpha value is -4.47. The molecule has 0 unspecified atom stereocenters. The molecule has 10 heteroatoms. The number of H-pyrrole nitrogens is 1. The molecule has 0 radical (unpaired) electrons. The van der Waals surface area contributed by atoms with E-state index in [4.69, 9.17) is 4.74 Å². The number of hydrogen-bond acceptors (Lipinski definition) is 5. The van der Waals surface area contributed by atoms with Gasteiger partial charge in [0.1, 0.15) is 17.3 Å². The monoisotopic (exact) mass is 516 g/mol. The lowest BCUT2D eigenvalue weighted by Gasteiger charge is -2.28. The molecule has 9 nitrogen and oxygen atoms in total. The van der Waals surface area contributed by atoms with Gasteiger partial charge in [-0.05, 0) is 53.5 Å². The molecular formula is C28H29FN6O3. The summed E-state index contributed by atoms with van der Waals surface area (Å²) in [6.45, 7) is 1.58. The second kappa shape index (κ2) is 10.5. The van der Waals surface area contributed by atoms with E-state index in [0.717, 1.165) is 34.0 Å². The maximum absolute atomic E-state index is 14.0. The van der Waals surface area contributed by atoms with Gasteiger partial charge in [0, 0.05) is 62.3 Å². The first-order valence-electron chi connectivity index (χ1n) is 12.4. The normalized spacial score (nSPS) is 13.5. The Kier molecular flexibility index (Phi) is 6.95. The fourth-order valence-electron chi connectivity index (χ4n) is 4.78. The zero-order valence-corrected chi connectivity index (χ0v) is 21.6. The number of fused-ring (bicyclic) bond motifs is 1. The number of carbonyl (C=O) groups excluding carboxylic acids is 2. The second-order valence-electron chi connectivity index (χ2n) is 9.46. The largest absolute Gasteiger partial charge is 0.496 e. The predicted octanol–water partition coefficient (Wildman–Crippen LogP) is 3.98. The maximum Gasteiger partial charge on any atom is 0.269 e. The molecule has 1 aliphatic rings. The van der Waals surface area contributed by atoms with Crippen molar-refractivity contribution in [1.82, 2.24) is 29.8 Å². The Morgan fingerprint density at radius 1 is 1.16 bits per heavy atom. The maximum atomic E-state index is 14.0. The highest BCUT2D eigenvalue weighted by Gasteiger charge is 2.22. The third kappa shape index (κ3) is 5.02. The number of halogens is 1. The Morgan fingerprint density at radius 2 is 2.00 bits per heavy atom. The molecule has 0 aliphatic carbocycles. The number of nitrogens with one attached hydrogen (secondary N) is 1. The molecule has 0 atom stereocenters. The van der Waals surface area contributed by atoms with E-state index in [2.05, 4.69) is 21.4 Å². The van der Waals surface area contributed by atoms with E-state index >= 15 is 0 Å². The first-order chi connectivity index (χ1) is 18.3. The summed E-state index contributed by atoms with van der Waals surface area (Å²) in [5.41, 5.74) is 4.65. The minimum absolute atomic E-state index is 0.0475. The van der Waals surface area contributed by atoms with Gasteiger partial charge in [0.2, 0.25) is 5.91 Å². The molecule has 0 saturated heterocycles. The summed E-state index contributed by atoms with van der Waals surface area (Å²) in [5.74, 6) is -0.106. The van der Waals surface area contributed by atoms with E-state index < -0.39 is 5.82 Å². The van der Waals surface area contributed by atoms with Gasteiger partial charge in [-0.25, -0.2) is 4.39 Å². The molecule has 1 N–H and O–H groups in total. The highest BCUT2D eigenvalue weighted by molar-refractivity contribution is 6.05. The number of rotatable bonds is 7. The number of methoxy groups -OCH3 is 1. The standard InChI is InChI=1S/C28H29FN6O3/c1-33(2)28(37)25-16-23-22(21-7-6-20(29)15-26(21)38-3)13-19(14-24(23)31-25)18-5-4-10-34(17-18)27(36)8-11-35-12-9-30-32-35/h5-7,9,12-16,31H,4,8,10-11,17H2,1-3H3. The lowest BCUT2D eigenvalue weighted by atomic mass is 9.93. The molecule has 38 heavy (non-hydrogen) atoms. The summed E-state index contributed by atoms with van der Waals surface area (Å²) in [7, 11) is 4.90. The van der Waals surface area contributed by atoms with Crippen molar-refractivity contribution in [2.45, 2.75) is 19.4 Å². The van der Waals surface area contributed by atoms with Gasteiger partial charge in [0.05, 0.1) is 19.9 Å². The van der Waals surface area contributed by atoms with Crippen molar-refractivity contribution in [3.63, 3.8) is 0 Å². The number of hydrogen-bond donors (Lipinski definition) is 1. The van der Waals surface area contributed by atoms with E-state index in [1.807, 2.05) is 23.1 Å². The van der Waals surface area contributed by atoms with E-state index in [1.165, 1.54) is 24.1 Å². The third-order valence-electron chi connectivity index (χ3n) is 6.73. The van der Waals surface area contributed by atoms with E-state index in [9.17, 15) is 14.0 Å². The second-order valence-corrected chi connectivity index (χ2v) is 9.46. The number of aromatic nitrogens is 4. The highest BCUT2D eigenvalue weighted by Crippen LogP contribution is 2.38. The van der Waals surface area contributed by atoms with Gasteiger partial charge in [0.25, 0.3) is 5.91 Å². The molecule has 0 spiro atoms. The van der Waals surface area contributed by atoms with Crippen LogP contribution in [0.3, 0.4) is 0 Å². The molecule has 0 fully saturated rings. The van der Waals surface area contributed by atoms with Gasteiger partial charge in [-0.3, -0.25) is 14.3 Å². The summed E-state index contributed by atoms with van der Waals surface area (Å²) in [6.07, 6.45) is 6.53. The smallest absolute Gasteiger partial charge is 0.269 e. The molecule has 0 bridgehead atoms. The van der Waals surface area contributed by atoms with Crippen molar-refractivity contribution < 1.29 is 18.7 Å². The van der Waals surface area contributed by atoms with Crippen LogP contribution >= 0.6 is 0 Å². The Balaban J connectivity index is 1.52. The molecule has 5 rings (SSSR count). The summed E-state index contributed by atoms with van der Waals surface area (Å²) in [5, 5.41) is 8.53. The van der Waals surface area contributed by atoms with Gasteiger partial charge in [-0.1, -0.05) is 11.3 Å². The molecule has 3 heterocycles. The van der Waals surface area contributed by atoms with Crippen molar-refractivity contribution in [3.05, 3.63) is 71.9 Å². The van der Waals surface area contributed by atoms with Crippen molar-refractivity contribution in [2.24, 2.45) is 0 Å². The van der Waals surface area contributed by atoms with E-state index in [-0.39, 0.29) is 11.8 Å². The lowest BCUT2D eigenvalue weighted by Crippen LogP contribution is -2.35. The number of aromatic amines is 1. The fourth-order valence-corrected chi connectivity index (χ4v) is 4.78. The van der Waals surface area contributed by atoms with Crippen molar-refractivity contribution in [1.29, 1.82) is 0 Å². The minimum atomic E-state index is -0.398. The molecule has 1 aliphatic heterocycles. The lowest BCUT2D eigenvalue weighted by molar-refractivity contribution is -0.131. The number of ether oxygens (including phenoxy) is 1. The van der Waals surface area contributed by atoms with Crippen LogP contribution in [0.15, 0.2) is 54.9 Å². The van der Waals surface area contributed by atoms with Crippen molar-refractivity contribution in [2.75, 3.05) is 34.3 Å². The molecule has 2 aromatic carbocycles. The van der Waals surface area contributed by atoms with Crippen LogP contribution in [-0.4, -0.2) is 75.9 Å². The molecule has 196 valence electrons. The first kappa shape index (κ1) is 25.2. The van der Waals surface area contributed by atoms with Gasteiger partial charge >= 0.3 is 0 Å². The Bertz CT molecular complexity index is 1520. The van der Waals surface area contributed by atoms with Crippen LogP contribution in [0, 0.1) is 5.82 Å². The Labute approximate surface area is 219 Å². The number of nitrogens with zero attached hydrogens (tertiary/aromatic N) is 5. The number of amides is 2. The predicted molar refractivity (Wildman–Crippen MR) is 142 cm³/mol. The zero-order valence-electron chi connectivity index (χ0n) is 21.6. The quantitative estimate of drug-likeness (QED) is 0.401. The SMILES string of the molecule is COc1cc(F)ccc1-c1cc(C2=CCCN(C(=O)CCn3ccnn3)C2)cc2[nH]c(C(=O)N(C)C)cc12. The number of benzene rings is 2. The average molecular weight is 517 g/mol. The van der Waals surface area contributed by atoms with E-state index in [0.29, 0.717) is 43.1 Å². The van der Waals surface area contributed by atoms with Crippen LogP contribution in [0.25, 0.3) is 27.6 Å². The fraction of sp³-hybridized carbons (Fsp3) is 0.286. The van der Waals surface area contributed by atoms with Gasteiger partial charge < -0.3 is 19.5 Å².